The van der Waals surface area contributed by atoms with Crippen molar-refractivity contribution < 1.29 is 4.79 Å². The first kappa shape index (κ1) is 14.3. The van der Waals surface area contributed by atoms with Gasteiger partial charge in [0.1, 0.15) is 11.3 Å². The van der Waals surface area contributed by atoms with Gasteiger partial charge in [0, 0.05) is 11.4 Å². The van der Waals surface area contributed by atoms with Crippen LogP contribution in [-0.2, 0) is 12.8 Å². The third-order valence-electron chi connectivity index (χ3n) is 5.63. The maximum Gasteiger partial charge on any atom is 0.254 e. The molecule has 1 fully saturated rings. The fourth-order valence-electron chi connectivity index (χ4n) is 4.48. The average molecular weight is 341 g/mol. The number of aromatic nitrogens is 4. The number of amides is 1. The van der Waals surface area contributed by atoms with E-state index in [1.807, 2.05) is 0 Å². The quantitative estimate of drug-likeness (QED) is 0.865. The number of thiophene rings is 1. The van der Waals surface area contributed by atoms with Gasteiger partial charge in [0.2, 0.25) is 0 Å². The minimum atomic E-state index is 0.0339. The van der Waals surface area contributed by atoms with Crippen LogP contribution in [-0.4, -0.2) is 32.7 Å². The van der Waals surface area contributed by atoms with Crippen LogP contribution < -0.4 is 5.32 Å². The zero-order valence-corrected chi connectivity index (χ0v) is 14.1. The first-order valence-electron chi connectivity index (χ1n) is 8.64. The summed E-state index contributed by atoms with van der Waals surface area (Å²) >= 11 is 1.65. The Bertz CT molecular complexity index is 809. The first-order valence-corrected chi connectivity index (χ1v) is 9.45. The van der Waals surface area contributed by atoms with Gasteiger partial charge in [-0.05, 0) is 65.8 Å². The van der Waals surface area contributed by atoms with Crippen LogP contribution in [0, 0.1) is 17.8 Å². The monoisotopic (exact) mass is 341 g/mol. The lowest BCUT2D eigenvalue weighted by Crippen LogP contribution is -2.31. The van der Waals surface area contributed by atoms with Crippen molar-refractivity contribution >= 4 is 17.2 Å². The van der Waals surface area contributed by atoms with Gasteiger partial charge < -0.3 is 5.32 Å². The van der Waals surface area contributed by atoms with Crippen molar-refractivity contribution in [3.63, 3.8) is 0 Å². The lowest BCUT2D eigenvalue weighted by molar-refractivity contribution is 0.0944. The molecule has 1 saturated carbocycles. The Labute approximate surface area is 143 Å². The number of nitrogens with zero attached hydrogens (tertiary/aromatic N) is 4. The molecule has 3 aliphatic rings. The van der Waals surface area contributed by atoms with Gasteiger partial charge in [-0.3, -0.25) is 4.79 Å². The molecule has 0 spiro atoms. The second-order valence-electron chi connectivity index (χ2n) is 7.04. The van der Waals surface area contributed by atoms with Crippen LogP contribution in [0.3, 0.4) is 0 Å². The molecule has 124 valence electrons. The van der Waals surface area contributed by atoms with Gasteiger partial charge in [0.05, 0.1) is 5.56 Å². The van der Waals surface area contributed by atoms with E-state index in [1.54, 1.807) is 22.3 Å². The molecule has 24 heavy (non-hydrogen) atoms. The predicted molar refractivity (Wildman–Crippen MR) is 90.2 cm³/mol. The van der Waals surface area contributed by atoms with Crippen molar-refractivity contribution in [1.29, 1.82) is 0 Å². The Morgan fingerprint density at radius 3 is 3.04 bits per heavy atom. The summed E-state index contributed by atoms with van der Waals surface area (Å²) in [5.41, 5.74) is 1.99. The van der Waals surface area contributed by atoms with Crippen molar-refractivity contribution in [2.75, 3.05) is 6.54 Å². The predicted octanol–water partition coefficient (Wildman–Crippen LogP) is 2.15. The number of hydrogen-bond acceptors (Lipinski definition) is 5. The minimum Gasteiger partial charge on any atom is -0.352 e. The Kier molecular flexibility index (Phi) is 3.29. The van der Waals surface area contributed by atoms with E-state index in [2.05, 4.69) is 33.0 Å². The fraction of sp³-hybridized carbons (Fsp3) is 0.529. The molecule has 0 aromatic carbocycles. The molecule has 6 nitrogen and oxygen atoms in total. The Morgan fingerprint density at radius 1 is 1.33 bits per heavy atom. The summed E-state index contributed by atoms with van der Waals surface area (Å²) in [6, 6.07) is 0. The second kappa shape index (κ2) is 5.51. The van der Waals surface area contributed by atoms with Crippen LogP contribution in [0.1, 0.15) is 40.1 Å². The van der Waals surface area contributed by atoms with E-state index in [9.17, 15) is 4.79 Å². The van der Waals surface area contributed by atoms with Crippen molar-refractivity contribution in [2.45, 2.75) is 32.1 Å². The highest BCUT2D eigenvalue weighted by molar-refractivity contribution is 7.15. The van der Waals surface area contributed by atoms with E-state index < -0.39 is 0 Å². The third kappa shape index (κ3) is 2.22. The van der Waals surface area contributed by atoms with Gasteiger partial charge in [-0.2, -0.15) is 4.68 Å². The van der Waals surface area contributed by atoms with Crippen LogP contribution in [0.5, 0.6) is 0 Å². The van der Waals surface area contributed by atoms with Crippen molar-refractivity contribution in [2.24, 2.45) is 17.8 Å². The largest absolute Gasteiger partial charge is 0.352 e. The minimum absolute atomic E-state index is 0.0339. The molecule has 2 bridgehead atoms. The average Bonchev–Trinajstić information content (AvgIpc) is 3.38. The molecule has 0 saturated heterocycles. The topological polar surface area (TPSA) is 72.7 Å². The van der Waals surface area contributed by atoms with Crippen LogP contribution in [0.2, 0.25) is 0 Å². The van der Waals surface area contributed by atoms with E-state index in [-0.39, 0.29) is 5.91 Å². The molecule has 0 unspecified atom stereocenters. The summed E-state index contributed by atoms with van der Waals surface area (Å²) in [6.45, 7) is 0.768. The molecule has 7 heteroatoms. The van der Waals surface area contributed by atoms with Gasteiger partial charge in [-0.25, -0.2) is 0 Å². The number of carbonyl (C=O) groups excluding carboxylic acids is 1. The highest BCUT2D eigenvalue weighted by atomic mass is 32.1. The summed E-state index contributed by atoms with van der Waals surface area (Å²) in [5, 5.41) is 15.5. The van der Waals surface area contributed by atoms with Gasteiger partial charge in [-0.15, -0.1) is 16.4 Å². The van der Waals surface area contributed by atoms with Crippen molar-refractivity contribution in [3.05, 3.63) is 34.5 Å². The van der Waals surface area contributed by atoms with Gasteiger partial charge in [0.25, 0.3) is 5.91 Å². The number of fused-ring (bicyclic) bond motifs is 3. The van der Waals surface area contributed by atoms with Gasteiger partial charge >= 0.3 is 0 Å². The number of hydrogen-bond donors (Lipinski definition) is 1. The zero-order chi connectivity index (χ0) is 16.1. The molecule has 2 aromatic heterocycles. The first-order chi connectivity index (χ1) is 11.8. The fourth-order valence-corrected chi connectivity index (χ4v) is 5.78. The highest BCUT2D eigenvalue weighted by Crippen LogP contribution is 2.43. The molecular weight excluding hydrogens is 322 g/mol. The summed E-state index contributed by atoms with van der Waals surface area (Å²) in [6.07, 6.45) is 11.9. The summed E-state index contributed by atoms with van der Waals surface area (Å²) in [7, 11) is 0. The molecule has 1 N–H and O–H groups in total. The molecule has 3 aliphatic carbocycles. The molecule has 2 aromatic rings. The number of aryl methyl sites for hydroxylation is 1. The number of rotatable bonds is 4. The summed E-state index contributed by atoms with van der Waals surface area (Å²) in [4.78, 5) is 14.3. The Hall–Kier alpha value is -2.02. The van der Waals surface area contributed by atoms with Crippen molar-refractivity contribution in [1.82, 2.24) is 25.5 Å². The van der Waals surface area contributed by atoms with Crippen molar-refractivity contribution in [3.8, 4) is 5.00 Å². The maximum absolute atomic E-state index is 12.9. The van der Waals surface area contributed by atoms with E-state index in [0.29, 0.717) is 11.8 Å². The Morgan fingerprint density at radius 2 is 2.29 bits per heavy atom. The number of carbonyl (C=O) groups is 1. The second-order valence-corrected chi connectivity index (χ2v) is 8.13. The standard InChI is InChI=1S/C17H19N5OS/c23-16(18-8-12-7-10-4-5-11(12)6-10)15-13-2-1-3-14(13)24-17(15)22-9-19-20-21-22/h4-5,9-12H,1-3,6-8H2,(H,18,23)/t10-,11+,12+/m1/s1. The van der Waals surface area contributed by atoms with Crippen LogP contribution in [0.25, 0.3) is 5.00 Å². The van der Waals surface area contributed by atoms with Gasteiger partial charge in [0.15, 0.2) is 0 Å². The normalized spacial score (nSPS) is 26.9. The SMILES string of the molecule is O=C(NC[C@@H]1C[C@@H]2C=C[C@H]1C2)c1c(-n2cnnn2)sc2c1CCC2. The van der Waals surface area contributed by atoms with E-state index in [1.165, 1.54) is 23.3 Å². The number of tetrazole rings is 1. The smallest absolute Gasteiger partial charge is 0.254 e. The molecule has 1 amide bonds. The van der Waals surface area contributed by atoms with E-state index >= 15 is 0 Å². The zero-order valence-electron chi connectivity index (χ0n) is 13.3. The van der Waals surface area contributed by atoms with E-state index in [0.717, 1.165) is 42.3 Å². The molecule has 0 radical (unpaired) electrons. The molecule has 5 rings (SSSR count). The molecule has 2 heterocycles. The molecular formula is C17H19N5OS. The highest BCUT2D eigenvalue weighted by Gasteiger charge is 2.36. The Balaban J connectivity index is 1.39. The number of nitrogens with one attached hydrogen (secondary N) is 1. The van der Waals surface area contributed by atoms with Crippen LogP contribution in [0.15, 0.2) is 18.5 Å². The van der Waals surface area contributed by atoms with Crippen LogP contribution in [0.4, 0.5) is 0 Å². The summed E-state index contributed by atoms with van der Waals surface area (Å²) < 4.78 is 1.62. The van der Waals surface area contributed by atoms with Crippen LogP contribution >= 0.6 is 11.3 Å². The lowest BCUT2D eigenvalue weighted by atomic mass is 9.93. The molecule has 3 atom stereocenters. The van der Waals surface area contributed by atoms with Gasteiger partial charge in [-0.1, -0.05) is 12.2 Å². The third-order valence-corrected chi connectivity index (χ3v) is 6.91. The lowest BCUT2D eigenvalue weighted by Gasteiger charge is -2.18. The molecule has 0 aliphatic heterocycles. The number of allylic oxidation sites excluding steroid dienone is 2. The summed E-state index contributed by atoms with van der Waals surface area (Å²) in [5.74, 6) is 2.01. The maximum atomic E-state index is 12.9. The van der Waals surface area contributed by atoms with E-state index in [4.69, 9.17) is 0 Å².